The molecule has 0 N–H and O–H groups in total. The summed E-state index contributed by atoms with van der Waals surface area (Å²) in [6, 6.07) is 11.3. The summed E-state index contributed by atoms with van der Waals surface area (Å²) >= 11 is 3.28. The molecule has 0 amide bonds. The van der Waals surface area contributed by atoms with Gasteiger partial charge in [-0.25, -0.2) is 13.2 Å². The molecule has 0 saturated carbocycles. The van der Waals surface area contributed by atoms with E-state index in [0.29, 0.717) is 10.0 Å². The summed E-state index contributed by atoms with van der Waals surface area (Å²) in [6.07, 6.45) is 0. The maximum Gasteiger partial charge on any atom is 0.342 e. The maximum absolute atomic E-state index is 12.5. The van der Waals surface area contributed by atoms with Crippen LogP contribution in [0.1, 0.15) is 15.9 Å². The molecule has 2 aromatic carbocycles. The van der Waals surface area contributed by atoms with Crippen molar-refractivity contribution in [2.45, 2.75) is 10.6 Å². The second kappa shape index (κ2) is 7.14. The fourth-order valence-corrected chi connectivity index (χ4v) is 4.04. The van der Waals surface area contributed by atoms with E-state index in [1.807, 2.05) is 0 Å². The van der Waals surface area contributed by atoms with E-state index in [0.717, 1.165) is 0 Å². The quantitative estimate of drug-likeness (QED) is 0.723. The minimum absolute atomic E-state index is 0.101. The van der Waals surface area contributed by atoms with E-state index in [9.17, 15) is 13.2 Å². The molecule has 0 aliphatic rings. The van der Waals surface area contributed by atoms with Crippen LogP contribution in [0.3, 0.4) is 0 Å². The van der Waals surface area contributed by atoms with E-state index in [1.54, 1.807) is 30.3 Å². The van der Waals surface area contributed by atoms with Crippen LogP contribution < -0.4 is 4.74 Å². The second-order valence-corrected chi connectivity index (χ2v) is 7.52. The number of esters is 1. The number of ether oxygens (including phenoxy) is 2. The fourth-order valence-electron chi connectivity index (χ4n) is 2.16. The Kier molecular flexibility index (Phi) is 5.43. The van der Waals surface area contributed by atoms with Crippen LogP contribution >= 0.6 is 15.9 Å². The van der Waals surface area contributed by atoms with E-state index in [1.165, 1.54) is 26.4 Å². The van der Waals surface area contributed by atoms with Gasteiger partial charge in [-0.15, -0.1) is 0 Å². The number of halogens is 1. The van der Waals surface area contributed by atoms with Gasteiger partial charge >= 0.3 is 5.97 Å². The number of rotatable bonds is 5. The molecule has 2 rings (SSSR count). The highest BCUT2D eigenvalue weighted by molar-refractivity contribution is 9.10. The zero-order valence-electron chi connectivity index (χ0n) is 12.6. The van der Waals surface area contributed by atoms with Crippen molar-refractivity contribution < 1.29 is 22.7 Å². The van der Waals surface area contributed by atoms with Crippen LogP contribution in [0.15, 0.2) is 51.8 Å². The van der Waals surface area contributed by atoms with Crippen molar-refractivity contribution in [2.24, 2.45) is 0 Å². The van der Waals surface area contributed by atoms with E-state index in [4.69, 9.17) is 9.47 Å². The molecule has 122 valence electrons. The summed E-state index contributed by atoms with van der Waals surface area (Å²) in [5, 5.41) is 0. The van der Waals surface area contributed by atoms with Crippen LogP contribution in [0.25, 0.3) is 0 Å². The number of carbonyl (C=O) groups excluding carboxylic acids is 1. The molecule has 2 aromatic rings. The first-order chi connectivity index (χ1) is 10.9. The fraction of sp³-hybridized carbons (Fsp3) is 0.188. The molecule has 0 fully saturated rings. The van der Waals surface area contributed by atoms with E-state index in [2.05, 4.69) is 15.9 Å². The van der Waals surface area contributed by atoms with E-state index in [-0.39, 0.29) is 22.0 Å². The maximum atomic E-state index is 12.5. The molecular formula is C16H15BrO5S. The molecule has 5 nitrogen and oxygen atoms in total. The smallest absolute Gasteiger partial charge is 0.342 e. The molecule has 0 saturated heterocycles. The highest BCUT2D eigenvalue weighted by atomic mass is 79.9. The van der Waals surface area contributed by atoms with Crippen LogP contribution in [-0.2, 0) is 20.3 Å². The average Bonchev–Trinajstić information content (AvgIpc) is 2.56. The number of hydrogen-bond donors (Lipinski definition) is 0. The van der Waals surface area contributed by atoms with Crippen LogP contribution in [0, 0.1) is 0 Å². The van der Waals surface area contributed by atoms with Gasteiger partial charge in [-0.2, -0.15) is 0 Å². The number of hydrogen-bond acceptors (Lipinski definition) is 5. The minimum Gasteiger partial charge on any atom is -0.495 e. The first-order valence-corrected chi connectivity index (χ1v) is 9.06. The third kappa shape index (κ3) is 3.73. The Morgan fingerprint density at radius 3 is 2.30 bits per heavy atom. The highest BCUT2D eigenvalue weighted by Gasteiger charge is 2.25. The van der Waals surface area contributed by atoms with Gasteiger partial charge < -0.3 is 9.47 Å². The van der Waals surface area contributed by atoms with Crippen molar-refractivity contribution in [3.8, 4) is 5.75 Å². The lowest BCUT2D eigenvalue weighted by Gasteiger charge is -2.14. The summed E-state index contributed by atoms with van der Waals surface area (Å²) in [7, 11) is -0.955. The molecule has 0 aliphatic carbocycles. The Labute approximate surface area is 143 Å². The number of methoxy groups -OCH3 is 2. The molecule has 0 bridgehead atoms. The van der Waals surface area contributed by atoms with Gasteiger partial charge in [0.05, 0.1) is 29.3 Å². The molecule has 0 spiro atoms. The summed E-state index contributed by atoms with van der Waals surface area (Å²) in [6.45, 7) is 0. The molecular weight excluding hydrogens is 384 g/mol. The van der Waals surface area contributed by atoms with Crippen molar-refractivity contribution >= 4 is 31.7 Å². The molecule has 7 heteroatoms. The largest absolute Gasteiger partial charge is 0.495 e. The summed E-state index contributed by atoms with van der Waals surface area (Å²) < 4.78 is 35.6. The monoisotopic (exact) mass is 398 g/mol. The molecule has 0 aliphatic heterocycles. The second-order valence-electron chi connectivity index (χ2n) is 4.68. The minimum atomic E-state index is -3.59. The number of benzene rings is 2. The first-order valence-electron chi connectivity index (χ1n) is 6.62. The van der Waals surface area contributed by atoms with Crippen molar-refractivity contribution in [2.75, 3.05) is 14.2 Å². The Bertz CT molecular complexity index is 816. The third-order valence-corrected chi connectivity index (χ3v) is 5.54. The molecule has 23 heavy (non-hydrogen) atoms. The van der Waals surface area contributed by atoms with Crippen molar-refractivity contribution in [1.82, 2.24) is 0 Å². The predicted octanol–water partition coefficient (Wildman–Crippen LogP) is 3.22. The zero-order valence-corrected chi connectivity index (χ0v) is 15.0. The van der Waals surface area contributed by atoms with E-state index >= 15 is 0 Å². The third-order valence-electron chi connectivity index (χ3n) is 3.24. The van der Waals surface area contributed by atoms with Crippen LogP contribution in [-0.4, -0.2) is 28.6 Å². The average molecular weight is 399 g/mol. The van der Waals surface area contributed by atoms with Crippen LogP contribution in [0.5, 0.6) is 5.75 Å². The van der Waals surface area contributed by atoms with Gasteiger partial charge in [0.25, 0.3) is 0 Å². The van der Waals surface area contributed by atoms with Gasteiger partial charge in [0.2, 0.25) is 0 Å². The predicted molar refractivity (Wildman–Crippen MR) is 89.4 cm³/mol. The standard InChI is InChI=1S/C16H15BrO5S/c1-21-15-13(17)9-8-11(14(15)16(18)22-2)10-23(19,20)12-6-4-3-5-7-12/h3-9H,10H2,1-2H3. The lowest BCUT2D eigenvalue weighted by molar-refractivity contribution is 0.0596. The molecule has 0 radical (unpaired) electrons. The summed E-state index contributed by atoms with van der Waals surface area (Å²) in [4.78, 5) is 12.3. The summed E-state index contributed by atoms with van der Waals surface area (Å²) in [5.41, 5.74) is 0.421. The number of sulfone groups is 1. The van der Waals surface area contributed by atoms with Gasteiger partial charge in [-0.3, -0.25) is 0 Å². The lowest BCUT2D eigenvalue weighted by atomic mass is 10.1. The molecule has 0 aromatic heterocycles. The zero-order chi connectivity index (χ0) is 17.0. The van der Waals surface area contributed by atoms with Crippen molar-refractivity contribution in [1.29, 1.82) is 0 Å². The van der Waals surface area contributed by atoms with Gasteiger partial charge in [-0.05, 0) is 39.7 Å². The van der Waals surface area contributed by atoms with Gasteiger partial charge in [0.15, 0.2) is 9.84 Å². The summed E-state index contributed by atoms with van der Waals surface area (Å²) in [5.74, 6) is -0.732. The van der Waals surface area contributed by atoms with Crippen molar-refractivity contribution in [3.05, 3.63) is 58.1 Å². The SMILES string of the molecule is COC(=O)c1c(CS(=O)(=O)c2ccccc2)ccc(Br)c1OC. The highest BCUT2D eigenvalue weighted by Crippen LogP contribution is 2.33. The Morgan fingerprint density at radius 2 is 1.74 bits per heavy atom. The molecule has 0 atom stereocenters. The lowest BCUT2D eigenvalue weighted by Crippen LogP contribution is -2.13. The van der Waals surface area contributed by atoms with Crippen molar-refractivity contribution in [3.63, 3.8) is 0 Å². The van der Waals surface area contributed by atoms with E-state index < -0.39 is 15.8 Å². The Morgan fingerprint density at radius 1 is 1.09 bits per heavy atom. The normalized spacial score (nSPS) is 11.1. The Balaban J connectivity index is 2.54. The van der Waals surface area contributed by atoms with Crippen LogP contribution in [0.2, 0.25) is 0 Å². The Hall–Kier alpha value is -1.86. The van der Waals surface area contributed by atoms with Crippen LogP contribution in [0.4, 0.5) is 0 Å². The first kappa shape index (κ1) is 17.5. The topological polar surface area (TPSA) is 69.7 Å². The van der Waals surface area contributed by atoms with Gasteiger partial charge in [-0.1, -0.05) is 24.3 Å². The van der Waals surface area contributed by atoms with Gasteiger partial charge in [0, 0.05) is 0 Å². The molecule has 0 unspecified atom stereocenters. The van der Waals surface area contributed by atoms with Gasteiger partial charge in [0.1, 0.15) is 11.3 Å². The number of carbonyl (C=O) groups is 1. The molecule has 0 heterocycles.